The van der Waals surface area contributed by atoms with Gasteiger partial charge < -0.3 is 19.9 Å². The van der Waals surface area contributed by atoms with E-state index in [2.05, 4.69) is 10.6 Å². The van der Waals surface area contributed by atoms with E-state index in [1.54, 1.807) is 18.2 Å². The molecule has 0 atom stereocenters. The Hall–Kier alpha value is -3.87. The molecule has 0 aliphatic heterocycles. The topological polar surface area (TPSA) is 89.4 Å². The lowest BCUT2D eigenvalue weighted by atomic mass is 10.2. The normalized spacial score (nSPS) is 10.3. The van der Waals surface area contributed by atoms with Gasteiger partial charge in [-0.1, -0.05) is 30.3 Å². The fourth-order valence-corrected chi connectivity index (χ4v) is 2.85. The molecule has 7 heteroatoms. The van der Waals surface area contributed by atoms with Crippen LogP contribution < -0.4 is 20.9 Å². The first-order valence-electron chi connectivity index (χ1n) is 8.97. The van der Waals surface area contributed by atoms with Gasteiger partial charge in [0.15, 0.2) is 0 Å². The third-order valence-electron chi connectivity index (χ3n) is 4.21. The Kier molecular flexibility index (Phi) is 6.09. The Labute approximate surface area is 167 Å². The van der Waals surface area contributed by atoms with Crippen molar-refractivity contribution in [2.75, 3.05) is 17.7 Å². The number of amides is 2. The van der Waals surface area contributed by atoms with Crippen LogP contribution in [-0.4, -0.2) is 23.5 Å². The number of nitrogens with zero attached hydrogens (tertiary/aromatic N) is 1. The number of aromatic nitrogens is 1. The van der Waals surface area contributed by atoms with E-state index in [1.807, 2.05) is 30.3 Å². The van der Waals surface area contributed by atoms with E-state index < -0.39 is 5.91 Å². The predicted octanol–water partition coefficient (Wildman–Crippen LogP) is 3.12. The molecule has 148 valence electrons. The summed E-state index contributed by atoms with van der Waals surface area (Å²) < 4.78 is 6.76. The van der Waals surface area contributed by atoms with Gasteiger partial charge in [-0.3, -0.25) is 14.4 Å². The number of rotatable bonds is 6. The van der Waals surface area contributed by atoms with Gasteiger partial charge in [0.05, 0.1) is 24.9 Å². The molecule has 0 fully saturated rings. The van der Waals surface area contributed by atoms with Gasteiger partial charge >= 0.3 is 0 Å². The summed E-state index contributed by atoms with van der Waals surface area (Å²) in [5.74, 6) is -0.171. The number of pyridine rings is 1. The number of carbonyl (C=O) groups excluding carboxylic acids is 2. The van der Waals surface area contributed by atoms with Crippen molar-refractivity contribution in [3.63, 3.8) is 0 Å². The highest BCUT2D eigenvalue weighted by Gasteiger charge is 2.12. The minimum Gasteiger partial charge on any atom is -0.495 e. The molecule has 0 spiro atoms. The van der Waals surface area contributed by atoms with Crippen LogP contribution in [0.15, 0.2) is 71.7 Å². The molecule has 7 nitrogen and oxygen atoms in total. The minimum atomic E-state index is -0.398. The largest absolute Gasteiger partial charge is 0.495 e. The SMILES string of the molecule is COc1ccc(NC(C)=O)cc1NC(=O)c1ccc(=O)n(Cc2ccccc2)c1. The fraction of sp³-hybridized carbons (Fsp3) is 0.136. The summed E-state index contributed by atoms with van der Waals surface area (Å²) in [6.45, 7) is 1.76. The maximum atomic E-state index is 12.8. The Balaban J connectivity index is 1.85. The van der Waals surface area contributed by atoms with Gasteiger partial charge in [-0.15, -0.1) is 0 Å². The summed E-state index contributed by atoms with van der Waals surface area (Å²) in [7, 11) is 1.49. The Morgan fingerprint density at radius 1 is 1.00 bits per heavy atom. The molecule has 0 unspecified atom stereocenters. The summed E-state index contributed by atoms with van der Waals surface area (Å²) >= 11 is 0. The minimum absolute atomic E-state index is 0.198. The van der Waals surface area contributed by atoms with Crippen LogP contribution in [0.5, 0.6) is 5.75 Å². The van der Waals surface area contributed by atoms with E-state index in [9.17, 15) is 14.4 Å². The molecule has 3 rings (SSSR count). The molecule has 0 radical (unpaired) electrons. The van der Waals surface area contributed by atoms with E-state index in [0.717, 1.165) is 5.56 Å². The number of hydrogen-bond acceptors (Lipinski definition) is 4. The zero-order valence-electron chi connectivity index (χ0n) is 16.1. The van der Waals surface area contributed by atoms with Crippen LogP contribution in [0.2, 0.25) is 0 Å². The Morgan fingerprint density at radius 3 is 2.45 bits per heavy atom. The smallest absolute Gasteiger partial charge is 0.257 e. The highest BCUT2D eigenvalue weighted by atomic mass is 16.5. The molecule has 0 saturated carbocycles. The number of methoxy groups -OCH3 is 1. The van der Waals surface area contributed by atoms with Crippen LogP contribution in [-0.2, 0) is 11.3 Å². The van der Waals surface area contributed by atoms with Crippen LogP contribution in [0, 0.1) is 0 Å². The first kappa shape index (κ1) is 19.9. The second kappa shape index (κ2) is 8.88. The second-order valence-corrected chi connectivity index (χ2v) is 6.42. The number of hydrogen-bond donors (Lipinski definition) is 2. The average Bonchev–Trinajstić information content (AvgIpc) is 2.70. The van der Waals surface area contributed by atoms with E-state index in [4.69, 9.17) is 4.74 Å². The van der Waals surface area contributed by atoms with E-state index in [1.165, 1.54) is 36.9 Å². The molecule has 29 heavy (non-hydrogen) atoms. The van der Waals surface area contributed by atoms with Crippen LogP contribution in [0.25, 0.3) is 0 Å². The first-order valence-corrected chi connectivity index (χ1v) is 8.97. The summed E-state index contributed by atoms with van der Waals surface area (Å²) in [4.78, 5) is 36.2. The van der Waals surface area contributed by atoms with Crippen molar-refractivity contribution >= 4 is 23.2 Å². The van der Waals surface area contributed by atoms with E-state index in [0.29, 0.717) is 29.2 Å². The molecule has 2 aromatic carbocycles. The summed E-state index contributed by atoms with van der Waals surface area (Å²) in [5, 5.41) is 5.43. The number of anilines is 2. The van der Waals surface area contributed by atoms with Crippen LogP contribution in [0.4, 0.5) is 11.4 Å². The Bertz CT molecular complexity index is 1090. The van der Waals surface area contributed by atoms with Crippen LogP contribution >= 0.6 is 0 Å². The van der Waals surface area contributed by atoms with Crippen molar-refractivity contribution in [3.05, 3.63) is 88.3 Å². The van der Waals surface area contributed by atoms with Crippen molar-refractivity contribution in [2.24, 2.45) is 0 Å². The predicted molar refractivity (Wildman–Crippen MR) is 111 cm³/mol. The van der Waals surface area contributed by atoms with Crippen LogP contribution in [0.3, 0.4) is 0 Å². The first-order chi connectivity index (χ1) is 14.0. The van der Waals surface area contributed by atoms with E-state index in [-0.39, 0.29) is 11.5 Å². The lowest BCUT2D eigenvalue weighted by Crippen LogP contribution is -2.22. The molecule has 3 aromatic rings. The van der Waals surface area contributed by atoms with Crippen molar-refractivity contribution in [3.8, 4) is 5.75 Å². The van der Waals surface area contributed by atoms with Gasteiger partial charge in [-0.05, 0) is 29.8 Å². The Morgan fingerprint density at radius 2 is 1.76 bits per heavy atom. The fourth-order valence-electron chi connectivity index (χ4n) is 2.85. The van der Waals surface area contributed by atoms with Gasteiger partial charge in [0.25, 0.3) is 11.5 Å². The highest BCUT2D eigenvalue weighted by molar-refractivity contribution is 6.05. The molecular formula is C22H21N3O4. The van der Waals surface area contributed by atoms with Crippen molar-refractivity contribution in [1.82, 2.24) is 4.57 Å². The van der Waals surface area contributed by atoms with Crippen LogP contribution in [0.1, 0.15) is 22.8 Å². The molecule has 2 N–H and O–H groups in total. The third kappa shape index (κ3) is 5.10. The molecule has 0 aliphatic rings. The molecule has 0 bridgehead atoms. The quantitative estimate of drug-likeness (QED) is 0.676. The molecular weight excluding hydrogens is 370 g/mol. The van der Waals surface area contributed by atoms with Gasteiger partial charge in [0.1, 0.15) is 5.75 Å². The number of ether oxygens (including phenoxy) is 1. The maximum absolute atomic E-state index is 12.8. The molecule has 1 aromatic heterocycles. The van der Waals surface area contributed by atoms with Crippen molar-refractivity contribution in [1.29, 1.82) is 0 Å². The van der Waals surface area contributed by atoms with Gasteiger partial charge in [-0.25, -0.2) is 0 Å². The zero-order valence-corrected chi connectivity index (χ0v) is 16.1. The number of nitrogens with one attached hydrogen (secondary N) is 2. The zero-order chi connectivity index (χ0) is 20.8. The molecule has 0 aliphatic carbocycles. The summed E-state index contributed by atoms with van der Waals surface area (Å²) in [6, 6.07) is 17.3. The highest BCUT2D eigenvalue weighted by Crippen LogP contribution is 2.28. The lowest BCUT2D eigenvalue weighted by molar-refractivity contribution is -0.114. The molecule has 2 amide bonds. The summed E-state index contributed by atoms with van der Waals surface area (Å²) in [5.41, 5.74) is 2.02. The standard InChI is InChI=1S/C22H21N3O4/c1-15(26)23-18-9-10-20(29-2)19(12-18)24-22(28)17-8-11-21(27)25(14-17)13-16-6-4-3-5-7-16/h3-12,14H,13H2,1-2H3,(H,23,26)(H,24,28). The van der Waals surface area contributed by atoms with E-state index >= 15 is 0 Å². The van der Waals surface area contributed by atoms with Gasteiger partial charge in [0, 0.05) is 24.9 Å². The second-order valence-electron chi connectivity index (χ2n) is 6.42. The number of carbonyl (C=O) groups is 2. The van der Waals surface area contributed by atoms with Crippen molar-refractivity contribution in [2.45, 2.75) is 13.5 Å². The van der Waals surface area contributed by atoms with Gasteiger partial charge in [-0.2, -0.15) is 0 Å². The van der Waals surface area contributed by atoms with Gasteiger partial charge in [0.2, 0.25) is 5.91 Å². The summed E-state index contributed by atoms with van der Waals surface area (Å²) in [6.07, 6.45) is 1.52. The lowest BCUT2D eigenvalue weighted by Gasteiger charge is -2.13. The monoisotopic (exact) mass is 391 g/mol. The maximum Gasteiger partial charge on any atom is 0.257 e. The number of benzene rings is 2. The molecule has 1 heterocycles. The molecule has 0 saturated heterocycles. The van der Waals surface area contributed by atoms with Crippen molar-refractivity contribution < 1.29 is 14.3 Å². The third-order valence-corrected chi connectivity index (χ3v) is 4.21. The average molecular weight is 391 g/mol.